The Labute approximate surface area is 79.6 Å². The van der Waals surface area contributed by atoms with E-state index < -0.39 is 0 Å². The van der Waals surface area contributed by atoms with Gasteiger partial charge in [-0.2, -0.15) is 0 Å². The number of hydrogen-bond acceptors (Lipinski definition) is 3. The number of aromatic nitrogens is 3. The first-order chi connectivity index (χ1) is 6.40. The molecule has 1 aliphatic heterocycles. The van der Waals surface area contributed by atoms with Gasteiger partial charge in [0.25, 0.3) is 0 Å². The summed E-state index contributed by atoms with van der Waals surface area (Å²) in [5.41, 5.74) is 0. The maximum absolute atomic E-state index is 4.03. The SMILES string of the molecule is CC.CCN1CCn2cnnc2C1. The minimum atomic E-state index is 0.955. The lowest BCUT2D eigenvalue weighted by atomic mass is 10.3. The molecule has 0 fully saturated rings. The van der Waals surface area contributed by atoms with Crippen LogP contribution in [0.15, 0.2) is 6.33 Å². The molecule has 0 spiro atoms. The molecule has 1 aromatic heterocycles. The Morgan fingerprint density at radius 3 is 2.85 bits per heavy atom. The molecule has 4 heteroatoms. The minimum absolute atomic E-state index is 0.955. The Balaban J connectivity index is 0.000000396. The van der Waals surface area contributed by atoms with E-state index in [1.807, 2.05) is 20.2 Å². The first kappa shape index (κ1) is 10.2. The second kappa shape index (κ2) is 4.97. The highest BCUT2D eigenvalue weighted by molar-refractivity contribution is 4.89. The van der Waals surface area contributed by atoms with Crippen LogP contribution in [-0.4, -0.2) is 32.8 Å². The van der Waals surface area contributed by atoms with Crippen LogP contribution < -0.4 is 0 Å². The monoisotopic (exact) mass is 182 g/mol. The summed E-state index contributed by atoms with van der Waals surface area (Å²) in [5, 5.41) is 7.89. The molecule has 1 aliphatic rings. The Morgan fingerprint density at radius 1 is 1.38 bits per heavy atom. The summed E-state index contributed by atoms with van der Waals surface area (Å²) in [7, 11) is 0. The van der Waals surface area contributed by atoms with Gasteiger partial charge in [-0.05, 0) is 6.54 Å². The highest BCUT2D eigenvalue weighted by Crippen LogP contribution is 2.07. The van der Waals surface area contributed by atoms with Crippen molar-refractivity contribution in [3.8, 4) is 0 Å². The molecule has 0 N–H and O–H groups in total. The van der Waals surface area contributed by atoms with Gasteiger partial charge in [-0.3, -0.25) is 4.90 Å². The van der Waals surface area contributed by atoms with Gasteiger partial charge in [-0.15, -0.1) is 10.2 Å². The minimum Gasteiger partial charge on any atom is -0.315 e. The van der Waals surface area contributed by atoms with Gasteiger partial charge in [0.15, 0.2) is 0 Å². The highest BCUT2D eigenvalue weighted by atomic mass is 15.3. The lowest BCUT2D eigenvalue weighted by Crippen LogP contribution is -2.33. The molecule has 0 aromatic carbocycles. The third kappa shape index (κ3) is 2.28. The van der Waals surface area contributed by atoms with Crippen molar-refractivity contribution in [3.05, 3.63) is 12.2 Å². The predicted octanol–water partition coefficient (Wildman–Crippen LogP) is 1.14. The maximum atomic E-state index is 4.03. The summed E-state index contributed by atoms with van der Waals surface area (Å²) in [6.45, 7) is 10.4. The van der Waals surface area contributed by atoms with E-state index in [0.717, 1.165) is 32.0 Å². The van der Waals surface area contributed by atoms with Crippen LogP contribution in [0.1, 0.15) is 26.6 Å². The Bertz CT molecular complexity index is 244. The van der Waals surface area contributed by atoms with Crippen LogP contribution in [0.3, 0.4) is 0 Å². The van der Waals surface area contributed by atoms with Crippen LogP contribution in [0.4, 0.5) is 0 Å². The van der Waals surface area contributed by atoms with Crippen molar-refractivity contribution in [3.63, 3.8) is 0 Å². The molecule has 74 valence electrons. The van der Waals surface area contributed by atoms with E-state index in [4.69, 9.17) is 0 Å². The van der Waals surface area contributed by atoms with E-state index in [0.29, 0.717) is 0 Å². The fourth-order valence-corrected chi connectivity index (χ4v) is 1.39. The lowest BCUT2D eigenvalue weighted by Gasteiger charge is -2.25. The normalized spacial score (nSPS) is 15.9. The largest absolute Gasteiger partial charge is 0.315 e. The zero-order valence-electron chi connectivity index (χ0n) is 8.69. The molecule has 13 heavy (non-hydrogen) atoms. The summed E-state index contributed by atoms with van der Waals surface area (Å²) >= 11 is 0. The van der Waals surface area contributed by atoms with E-state index in [1.165, 1.54) is 0 Å². The number of hydrogen-bond donors (Lipinski definition) is 0. The molecule has 2 heterocycles. The van der Waals surface area contributed by atoms with E-state index >= 15 is 0 Å². The molecule has 0 bridgehead atoms. The third-order valence-corrected chi connectivity index (χ3v) is 2.17. The molecule has 4 nitrogen and oxygen atoms in total. The smallest absolute Gasteiger partial charge is 0.147 e. The van der Waals surface area contributed by atoms with Crippen molar-refractivity contribution < 1.29 is 0 Å². The zero-order valence-corrected chi connectivity index (χ0v) is 8.69. The van der Waals surface area contributed by atoms with Gasteiger partial charge >= 0.3 is 0 Å². The Kier molecular flexibility index (Phi) is 3.89. The summed E-state index contributed by atoms with van der Waals surface area (Å²) in [6.07, 6.45) is 1.81. The van der Waals surface area contributed by atoms with E-state index in [-0.39, 0.29) is 0 Å². The second-order valence-electron chi connectivity index (χ2n) is 2.81. The number of likely N-dealkylation sites (N-methyl/N-ethyl adjacent to an activating group) is 1. The van der Waals surface area contributed by atoms with E-state index in [1.54, 1.807) is 0 Å². The third-order valence-electron chi connectivity index (χ3n) is 2.17. The van der Waals surface area contributed by atoms with Crippen molar-refractivity contribution in [2.75, 3.05) is 13.1 Å². The summed E-state index contributed by atoms with van der Waals surface area (Å²) in [4.78, 5) is 2.37. The molecule has 0 aliphatic carbocycles. The van der Waals surface area contributed by atoms with Crippen LogP contribution in [0.25, 0.3) is 0 Å². The van der Waals surface area contributed by atoms with Gasteiger partial charge in [-0.25, -0.2) is 0 Å². The first-order valence-corrected chi connectivity index (χ1v) is 4.99. The Morgan fingerprint density at radius 2 is 2.15 bits per heavy atom. The number of fused-ring (bicyclic) bond motifs is 1. The fraction of sp³-hybridized carbons (Fsp3) is 0.778. The highest BCUT2D eigenvalue weighted by Gasteiger charge is 2.14. The van der Waals surface area contributed by atoms with Gasteiger partial charge in [0.1, 0.15) is 12.2 Å². The molecule has 0 atom stereocenters. The van der Waals surface area contributed by atoms with Crippen molar-refractivity contribution in [2.24, 2.45) is 0 Å². The van der Waals surface area contributed by atoms with Crippen molar-refractivity contribution in [2.45, 2.75) is 33.9 Å². The van der Waals surface area contributed by atoms with Gasteiger partial charge in [0, 0.05) is 13.1 Å². The standard InChI is InChI=1S/C7H12N4.C2H6/c1-2-10-3-4-11-6-8-9-7(11)5-10;1-2/h6H,2-5H2,1H3;1-2H3. The summed E-state index contributed by atoms with van der Waals surface area (Å²) in [6, 6.07) is 0. The summed E-state index contributed by atoms with van der Waals surface area (Å²) in [5.74, 6) is 1.10. The molecular formula is C9H18N4. The molecule has 0 unspecified atom stereocenters. The van der Waals surface area contributed by atoms with Crippen LogP contribution in [0.5, 0.6) is 0 Å². The maximum Gasteiger partial charge on any atom is 0.147 e. The van der Waals surface area contributed by atoms with Crippen molar-refractivity contribution in [1.82, 2.24) is 19.7 Å². The number of rotatable bonds is 1. The molecular weight excluding hydrogens is 164 g/mol. The average Bonchev–Trinajstić information content (AvgIpc) is 2.67. The average molecular weight is 182 g/mol. The van der Waals surface area contributed by atoms with E-state index in [9.17, 15) is 0 Å². The fourth-order valence-electron chi connectivity index (χ4n) is 1.39. The summed E-state index contributed by atoms with van der Waals surface area (Å²) < 4.78 is 2.12. The van der Waals surface area contributed by atoms with Crippen LogP contribution in [-0.2, 0) is 13.1 Å². The molecule has 2 rings (SSSR count). The zero-order chi connectivity index (χ0) is 9.68. The first-order valence-electron chi connectivity index (χ1n) is 4.99. The van der Waals surface area contributed by atoms with Gasteiger partial charge < -0.3 is 4.57 Å². The Hall–Kier alpha value is -0.900. The van der Waals surface area contributed by atoms with Crippen LogP contribution >= 0.6 is 0 Å². The van der Waals surface area contributed by atoms with Crippen molar-refractivity contribution in [1.29, 1.82) is 0 Å². The molecule has 0 amide bonds. The van der Waals surface area contributed by atoms with E-state index in [2.05, 4.69) is 26.6 Å². The topological polar surface area (TPSA) is 34.0 Å². The number of nitrogens with zero attached hydrogens (tertiary/aromatic N) is 4. The molecule has 0 radical (unpaired) electrons. The molecule has 1 aromatic rings. The lowest BCUT2D eigenvalue weighted by molar-refractivity contribution is 0.228. The predicted molar refractivity (Wildman–Crippen MR) is 52.3 cm³/mol. The van der Waals surface area contributed by atoms with Crippen molar-refractivity contribution >= 4 is 0 Å². The van der Waals surface area contributed by atoms with Gasteiger partial charge in [0.05, 0.1) is 6.54 Å². The van der Waals surface area contributed by atoms with Crippen LogP contribution in [0, 0.1) is 0 Å². The van der Waals surface area contributed by atoms with Gasteiger partial charge in [-0.1, -0.05) is 20.8 Å². The van der Waals surface area contributed by atoms with Crippen LogP contribution in [0.2, 0.25) is 0 Å². The molecule has 0 saturated carbocycles. The second-order valence-corrected chi connectivity index (χ2v) is 2.81. The quantitative estimate of drug-likeness (QED) is 0.653. The van der Waals surface area contributed by atoms with Gasteiger partial charge in [0.2, 0.25) is 0 Å². The molecule has 0 saturated heterocycles.